The Labute approximate surface area is 156 Å². The number of hydrogen-bond donors (Lipinski definition) is 0. The van der Waals surface area contributed by atoms with Gasteiger partial charge in [-0.3, -0.25) is 9.59 Å². The molecular formula is C19H12ClF2NO2S. The number of hydrogen-bond acceptors (Lipinski definition) is 3. The number of nitrogens with zero attached hydrogens (tertiary/aromatic N) is 1. The topological polar surface area (TPSA) is 39.1 Å². The van der Waals surface area contributed by atoms with Gasteiger partial charge in [-0.05, 0) is 48.0 Å². The van der Waals surface area contributed by atoms with Crippen molar-refractivity contribution < 1.29 is 13.6 Å². The average Bonchev–Trinajstić information content (AvgIpc) is 2.87. The van der Waals surface area contributed by atoms with Crippen LogP contribution in [-0.4, -0.2) is 10.4 Å². The summed E-state index contributed by atoms with van der Waals surface area (Å²) in [5.74, 6) is -2.21. The minimum atomic E-state index is -0.989. The summed E-state index contributed by atoms with van der Waals surface area (Å²) in [5, 5.41) is 0.522. The summed E-state index contributed by atoms with van der Waals surface area (Å²) in [6.07, 6.45) is 2.82. The Bertz CT molecular complexity index is 1160. The van der Waals surface area contributed by atoms with Crippen LogP contribution < -0.4 is 14.8 Å². The van der Waals surface area contributed by atoms with Gasteiger partial charge in [0.1, 0.15) is 4.66 Å². The van der Waals surface area contributed by atoms with Crippen LogP contribution in [0.1, 0.15) is 15.9 Å². The van der Waals surface area contributed by atoms with Gasteiger partial charge in [0.15, 0.2) is 17.4 Å². The van der Waals surface area contributed by atoms with E-state index < -0.39 is 11.6 Å². The Morgan fingerprint density at radius 3 is 2.46 bits per heavy atom. The second-order valence-electron chi connectivity index (χ2n) is 5.50. The van der Waals surface area contributed by atoms with Crippen LogP contribution in [-0.2, 0) is 7.05 Å². The third kappa shape index (κ3) is 3.81. The smallest absolute Gasteiger partial charge is 0.268 e. The zero-order chi connectivity index (χ0) is 18.8. The Morgan fingerprint density at radius 2 is 1.81 bits per heavy atom. The number of carbonyl (C=O) groups excluding carboxylic acids is 1. The fraction of sp³-hybridized carbons (Fsp3) is 0.0526. The number of benzene rings is 2. The van der Waals surface area contributed by atoms with E-state index in [1.165, 1.54) is 22.8 Å². The van der Waals surface area contributed by atoms with Crippen molar-refractivity contribution in [2.45, 2.75) is 0 Å². The van der Waals surface area contributed by atoms with Crippen LogP contribution in [0, 0.1) is 11.6 Å². The number of carbonyl (C=O) groups is 1. The highest BCUT2D eigenvalue weighted by molar-refractivity contribution is 7.07. The lowest BCUT2D eigenvalue weighted by atomic mass is 10.1. The Kier molecular flexibility index (Phi) is 5.15. The lowest BCUT2D eigenvalue weighted by Gasteiger charge is -1.95. The van der Waals surface area contributed by atoms with Crippen LogP contribution in [0.2, 0.25) is 5.02 Å². The Balaban J connectivity index is 2.05. The van der Waals surface area contributed by atoms with E-state index in [0.717, 1.165) is 23.5 Å². The normalized spacial score (nSPS) is 12.6. The number of rotatable bonds is 3. The van der Waals surface area contributed by atoms with Crippen molar-refractivity contribution in [2.24, 2.45) is 7.05 Å². The summed E-state index contributed by atoms with van der Waals surface area (Å²) in [5.41, 5.74) is 0.481. The summed E-state index contributed by atoms with van der Waals surface area (Å²) in [7, 11) is 1.54. The molecule has 3 aromatic rings. The number of Topliss-reactive ketones (excluding diaryl/α,β-unsaturated/α-hetero) is 1. The number of halogens is 3. The predicted molar refractivity (Wildman–Crippen MR) is 99.0 cm³/mol. The maximum absolute atomic E-state index is 13.3. The predicted octanol–water partition coefficient (Wildman–Crippen LogP) is 2.87. The average molecular weight is 392 g/mol. The first-order valence-electron chi connectivity index (χ1n) is 7.49. The first kappa shape index (κ1) is 18.2. The molecule has 3 nitrogen and oxygen atoms in total. The summed E-state index contributed by atoms with van der Waals surface area (Å²) >= 11 is 6.90. The minimum Gasteiger partial charge on any atom is -0.302 e. The van der Waals surface area contributed by atoms with Crippen molar-refractivity contribution in [3.63, 3.8) is 0 Å². The molecule has 0 N–H and O–H groups in total. The molecular weight excluding hydrogens is 380 g/mol. The molecule has 0 aliphatic rings. The van der Waals surface area contributed by atoms with Gasteiger partial charge in [-0.1, -0.05) is 17.7 Å². The molecule has 1 aromatic heterocycles. The number of thiazole rings is 1. The summed E-state index contributed by atoms with van der Waals surface area (Å²) in [6, 6.07) is 9.80. The van der Waals surface area contributed by atoms with E-state index in [9.17, 15) is 18.4 Å². The fourth-order valence-electron chi connectivity index (χ4n) is 2.27. The van der Waals surface area contributed by atoms with Gasteiger partial charge < -0.3 is 4.57 Å². The Morgan fingerprint density at radius 1 is 1.12 bits per heavy atom. The molecule has 0 fully saturated rings. The highest BCUT2D eigenvalue weighted by atomic mass is 35.5. The van der Waals surface area contributed by atoms with Crippen LogP contribution in [0.25, 0.3) is 12.2 Å². The van der Waals surface area contributed by atoms with Gasteiger partial charge in [0.2, 0.25) is 0 Å². The van der Waals surface area contributed by atoms with E-state index in [2.05, 4.69) is 0 Å². The lowest BCUT2D eigenvalue weighted by molar-refractivity contribution is 0.106. The first-order chi connectivity index (χ1) is 12.3. The van der Waals surface area contributed by atoms with Crippen molar-refractivity contribution in [2.75, 3.05) is 0 Å². The molecule has 0 spiro atoms. The molecule has 0 atom stereocenters. The van der Waals surface area contributed by atoms with Crippen molar-refractivity contribution in [3.8, 4) is 0 Å². The van der Waals surface area contributed by atoms with E-state index >= 15 is 0 Å². The van der Waals surface area contributed by atoms with Crippen LogP contribution >= 0.6 is 22.9 Å². The minimum absolute atomic E-state index is 0.266. The van der Waals surface area contributed by atoms with Gasteiger partial charge in [-0.2, -0.15) is 0 Å². The van der Waals surface area contributed by atoms with Crippen molar-refractivity contribution >= 4 is 40.9 Å². The van der Waals surface area contributed by atoms with Gasteiger partial charge >= 0.3 is 0 Å². The largest absolute Gasteiger partial charge is 0.302 e. The zero-order valence-corrected chi connectivity index (χ0v) is 15.1. The zero-order valence-electron chi connectivity index (χ0n) is 13.5. The molecule has 26 heavy (non-hydrogen) atoms. The first-order valence-corrected chi connectivity index (χ1v) is 8.69. The van der Waals surface area contributed by atoms with Crippen LogP contribution in [0.15, 0.2) is 47.3 Å². The molecule has 0 unspecified atom stereocenters. The number of aromatic nitrogens is 1. The van der Waals surface area contributed by atoms with E-state index in [1.54, 1.807) is 31.3 Å². The summed E-state index contributed by atoms with van der Waals surface area (Å²) < 4.78 is 28.4. The maximum atomic E-state index is 13.3. The van der Waals surface area contributed by atoms with E-state index in [-0.39, 0.29) is 11.3 Å². The van der Waals surface area contributed by atoms with Gasteiger partial charge in [0.25, 0.3) is 5.56 Å². The summed E-state index contributed by atoms with van der Waals surface area (Å²) in [4.78, 5) is 24.7. The fourth-order valence-corrected chi connectivity index (χ4v) is 3.43. The molecule has 7 heteroatoms. The van der Waals surface area contributed by atoms with Crippen molar-refractivity contribution in [1.82, 2.24) is 4.57 Å². The standard InChI is InChI=1S/C19H12ClF2NO2S/c1-23-18(10-16(24)12-3-5-13(20)6-4-12)26-17(19(23)25)9-11-2-7-14(21)15(22)8-11/h2-10H,1H3/b17-9+,18-10-. The van der Waals surface area contributed by atoms with Gasteiger partial charge in [0.05, 0.1) is 4.53 Å². The second-order valence-corrected chi connectivity index (χ2v) is 7.00. The lowest BCUT2D eigenvalue weighted by Crippen LogP contribution is -2.29. The molecule has 1 heterocycles. The third-order valence-electron chi connectivity index (χ3n) is 3.69. The van der Waals surface area contributed by atoms with Gasteiger partial charge in [-0.15, -0.1) is 11.3 Å². The van der Waals surface area contributed by atoms with E-state index in [4.69, 9.17) is 11.6 Å². The SMILES string of the molecule is Cn1c(=O)/c(=C\c2ccc(F)c(F)c2)s/c1=C\C(=O)c1ccc(Cl)cc1. The third-order valence-corrected chi connectivity index (χ3v) is 5.05. The quantitative estimate of drug-likeness (QED) is 0.644. The molecule has 0 aliphatic carbocycles. The van der Waals surface area contributed by atoms with Crippen LogP contribution in [0.4, 0.5) is 8.78 Å². The molecule has 0 saturated heterocycles. The van der Waals surface area contributed by atoms with Crippen molar-refractivity contribution in [1.29, 1.82) is 0 Å². The molecule has 2 aromatic carbocycles. The Hall–Kier alpha value is -2.57. The molecule has 132 valence electrons. The monoisotopic (exact) mass is 391 g/mol. The molecule has 0 aliphatic heterocycles. The van der Waals surface area contributed by atoms with Crippen LogP contribution in [0.3, 0.4) is 0 Å². The van der Waals surface area contributed by atoms with E-state index in [1.807, 2.05) is 0 Å². The van der Waals surface area contributed by atoms with E-state index in [0.29, 0.717) is 25.3 Å². The van der Waals surface area contributed by atoms with Crippen molar-refractivity contribution in [3.05, 3.63) is 89.8 Å². The summed E-state index contributed by atoms with van der Waals surface area (Å²) in [6.45, 7) is 0. The molecule has 3 rings (SSSR count). The molecule has 0 saturated carbocycles. The maximum Gasteiger partial charge on any atom is 0.268 e. The highest BCUT2D eigenvalue weighted by Crippen LogP contribution is 2.10. The second kappa shape index (κ2) is 7.35. The number of ketones is 1. The van der Waals surface area contributed by atoms with Gasteiger partial charge in [-0.25, -0.2) is 8.78 Å². The molecule has 0 amide bonds. The van der Waals surface area contributed by atoms with Crippen LogP contribution in [0.5, 0.6) is 0 Å². The molecule has 0 bridgehead atoms. The van der Waals surface area contributed by atoms with Gasteiger partial charge in [0, 0.05) is 23.7 Å². The molecule has 0 radical (unpaired) electrons. The highest BCUT2D eigenvalue weighted by Gasteiger charge is 2.06.